The van der Waals surface area contributed by atoms with E-state index in [1.807, 2.05) is 0 Å². The molecule has 0 spiro atoms. The molecule has 1 aromatic rings. The predicted molar refractivity (Wildman–Crippen MR) is 47.5 cm³/mol. The van der Waals surface area contributed by atoms with Crippen molar-refractivity contribution in [2.24, 2.45) is 0 Å². The van der Waals surface area contributed by atoms with Gasteiger partial charge in [-0.2, -0.15) is 0 Å². The lowest BCUT2D eigenvalue weighted by Gasteiger charge is -2.05. The molecule has 1 N–H and O–H groups in total. The first-order valence-electron chi connectivity index (χ1n) is 3.50. The molecule has 0 saturated carbocycles. The summed E-state index contributed by atoms with van der Waals surface area (Å²) in [5.74, 6) is -0.661. The lowest BCUT2D eigenvalue weighted by Crippen LogP contribution is -2.03. The van der Waals surface area contributed by atoms with Crippen molar-refractivity contribution in [3.63, 3.8) is 0 Å². The quantitative estimate of drug-likeness (QED) is 0.792. The maximum Gasteiger partial charge on any atom is 0.356 e. The van der Waals surface area contributed by atoms with Crippen LogP contribution in [0.3, 0.4) is 0 Å². The summed E-state index contributed by atoms with van der Waals surface area (Å²) in [5, 5.41) is 8.74. The smallest absolute Gasteiger partial charge is 0.356 e. The maximum absolute atomic E-state index is 10.6. The van der Waals surface area contributed by atoms with Gasteiger partial charge in [-0.15, -0.1) is 0 Å². The van der Waals surface area contributed by atoms with Crippen LogP contribution < -0.4 is 4.74 Å². The number of aromatic carboxylic acids is 1. The average molecular weight is 202 g/mol. The van der Waals surface area contributed by atoms with Crippen molar-refractivity contribution in [2.45, 2.75) is 6.92 Å². The molecule has 1 aromatic heterocycles. The monoisotopic (exact) mass is 201 g/mol. The van der Waals surface area contributed by atoms with Crippen molar-refractivity contribution < 1.29 is 14.6 Å². The summed E-state index contributed by atoms with van der Waals surface area (Å²) in [6.07, 6.45) is 0. The first kappa shape index (κ1) is 9.80. The molecule has 5 heteroatoms. The van der Waals surface area contributed by atoms with E-state index >= 15 is 0 Å². The van der Waals surface area contributed by atoms with Gasteiger partial charge in [-0.3, -0.25) is 0 Å². The fourth-order valence-corrected chi connectivity index (χ4v) is 1.14. The highest BCUT2D eigenvalue weighted by Gasteiger charge is 2.13. The second-order valence-corrected chi connectivity index (χ2v) is 2.82. The van der Waals surface area contributed by atoms with Gasteiger partial charge in [0.25, 0.3) is 0 Å². The number of halogens is 1. The summed E-state index contributed by atoms with van der Waals surface area (Å²) in [6, 6.07) is 1.44. The number of aromatic nitrogens is 1. The Morgan fingerprint density at radius 1 is 1.69 bits per heavy atom. The molecule has 1 heterocycles. The maximum atomic E-state index is 10.6. The molecule has 0 amide bonds. The molecule has 0 fully saturated rings. The van der Waals surface area contributed by atoms with Crippen LogP contribution in [0.5, 0.6) is 5.75 Å². The molecule has 0 unspecified atom stereocenters. The van der Waals surface area contributed by atoms with E-state index < -0.39 is 5.97 Å². The van der Waals surface area contributed by atoms with Crippen LogP contribution in [0.2, 0.25) is 5.02 Å². The molecule has 0 aromatic carbocycles. The fraction of sp³-hybridized carbons (Fsp3) is 0.250. The van der Waals surface area contributed by atoms with Gasteiger partial charge in [0.15, 0.2) is 5.69 Å². The number of aryl methyl sites for hydroxylation is 1. The number of carboxylic acid groups (broad SMARTS) is 1. The molecule has 0 atom stereocenters. The van der Waals surface area contributed by atoms with Crippen LogP contribution in [-0.2, 0) is 0 Å². The van der Waals surface area contributed by atoms with Gasteiger partial charge in [0, 0.05) is 6.07 Å². The van der Waals surface area contributed by atoms with Crippen molar-refractivity contribution in [2.75, 3.05) is 7.11 Å². The zero-order chi connectivity index (χ0) is 10.0. The third-order valence-electron chi connectivity index (χ3n) is 1.54. The predicted octanol–water partition coefficient (Wildman–Crippen LogP) is 1.75. The van der Waals surface area contributed by atoms with Gasteiger partial charge in [-0.1, -0.05) is 11.6 Å². The van der Waals surface area contributed by atoms with Crippen LogP contribution in [0, 0.1) is 6.92 Å². The molecule has 0 aliphatic carbocycles. The number of ether oxygens (including phenoxy) is 1. The van der Waals surface area contributed by atoms with Gasteiger partial charge in [-0.05, 0) is 6.92 Å². The van der Waals surface area contributed by atoms with Gasteiger partial charge >= 0.3 is 5.97 Å². The van der Waals surface area contributed by atoms with E-state index in [9.17, 15) is 4.79 Å². The van der Waals surface area contributed by atoms with Crippen molar-refractivity contribution in [1.29, 1.82) is 0 Å². The Bertz CT molecular complexity index is 351. The van der Waals surface area contributed by atoms with Crippen LogP contribution in [-0.4, -0.2) is 23.2 Å². The van der Waals surface area contributed by atoms with Crippen LogP contribution in [0.15, 0.2) is 6.07 Å². The second kappa shape index (κ2) is 3.62. The third-order valence-corrected chi connectivity index (χ3v) is 1.83. The van der Waals surface area contributed by atoms with Gasteiger partial charge in [0.1, 0.15) is 5.75 Å². The standard InChI is InChI=1S/C8H8ClNO3/c1-4-6(13-2)3-5(9)7(10-4)8(11)12/h3H,1-2H3,(H,11,12). The minimum absolute atomic E-state index is 0.0787. The van der Waals surface area contributed by atoms with E-state index in [4.69, 9.17) is 21.4 Å². The molecule has 4 nitrogen and oxygen atoms in total. The molecular weight excluding hydrogens is 194 g/mol. The summed E-state index contributed by atoms with van der Waals surface area (Å²) < 4.78 is 4.92. The Morgan fingerprint density at radius 3 is 2.77 bits per heavy atom. The summed E-state index contributed by atoms with van der Waals surface area (Å²) in [5.41, 5.74) is 0.351. The van der Waals surface area contributed by atoms with Gasteiger partial charge in [0.05, 0.1) is 17.8 Å². The molecule has 70 valence electrons. The highest BCUT2D eigenvalue weighted by atomic mass is 35.5. The number of hydrogen-bond donors (Lipinski definition) is 1. The second-order valence-electron chi connectivity index (χ2n) is 2.41. The minimum Gasteiger partial charge on any atom is -0.495 e. The number of nitrogens with zero attached hydrogens (tertiary/aromatic N) is 1. The Labute approximate surface area is 80.1 Å². The molecule has 1 rings (SSSR count). The summed E-state index contributed by atoms with van der Waals surface area (Å²) in [4.78, 5) is 14.4. The van der Waals surface area contributed by atoms with Crippen LogP contribution >= 0.6 is 11.6 Å². The molecule has 0 radical (unpaired) electrons. The van der Waals surface area contributed by atoms with Crippen LogP contribution in [0.1, 0.15) is 16.2 Å². The molecule has 13 heavy (non-hydrogen) atoms. The van der Waals surface area contributed by atoms with Crippen LogP contribution in [0.25, 0.3) is 0 Å². The SMILES string of the molecule is COc1cc(Cl)c(C(=O)O)nc1C. The Hall–Kier alpha value is -1.29. The fourth-order valence-electron chi connectivity index (χ4n) is 0.921. The van der Waals surface area contributed by atoms with Gasteiger partial charge in [-0.25, -0.2) is 9.78 Å². The van der Waals surface area contributed by atoms with E-state index in [0.29, 0.717) is 11.4 Å². The molecule has 0 saturated heterocycles. The zero-order valence-corrected chi connectivity index (χ0v) is 7.92. The van der Waals surface area contributed by atoms with Crippen molar-refractivity contribution in [3.05, 3.63) is 22.5 Å². The van der Waals surface area contributed by atoms with E-state index in [2.05, 4.69) is 4.98 Å². The first-order chi connectivity index (χ1) is 6.06. The normalized spacial score (nSPS) is 9.77. The summed E-state index contributed by atoms with van der Waals surface area (Å²) in [6.45, 7) is 1.65. The number of pyridine rings is 1. The lowest BCUT2D eigenvalue weighted by atomic mass is 10.3. The van der Waals surface area contributed by atoms with Gasteiger partial charge in [0.2, 0.25) is 0 Å². The third kappa shape index (κ3) is 1.89. The molecule has 0 aliphatic rings. The lowest BCUT2D eigenvalue weighted by molar-refractivity contribution is 0.0690. The van der Waals surface area contributed by atoms with Crippen molar-refractivity contribution in [1.82, 2.24) is 4.98 Å². The van der Waals surface area contributed by atoms with Crippen molar-refractivity contribution >= 4 is 17.6 Å². The average Bonchev–Trinajstić information content (AvgIpc) is 2.07. The Kier molecular flexibility index (Phi) is 2.72. The Morgan fingerprint density at radius 2 is 2.31 bits per heavy atom. The largest absolute Gasteiger partial charge is 0.495 e. The number of rotatable bonds is 2. The summed E-state index contributed by atoms with van der Waals surface area (Å²) in [7, 11) is 1.47. The number of hydrogen-bond acceptors (Lipinski definition) is 3. The van der Waals surface area contributed by atoms with E-state index in [-0.39, 0.29) is 10.7 Å². The Balaban J connectivity index is 3.28. The highest BCUT2D eigenvalue weighted by Crippen LogP contribution is 2.23. The topological polar surface area (TPSA) is 59.4 Å². The first-order valence-corrected chi connectivity index (χ1v) is 3.88. The van der Waals surface area contributed by atoms with Crippen LogP contribution in [0.4, 0.5) is 0 Å². The number of carbonyl (C=O) groups is 1. The van der Waals surface area contributed by atoms with E-state index in [0.717, 1.165) is 0 Å². The minimum atomic E-state index is -1.14. The summed E-state index contributed by atoms with van der Waals surface area (Å²) >= 11 is 5.65. The van der Waals surface area contributed by atoms with Crippen molar-refractivity contribution in [3.8, 4) is 5.75 Å². The molecular formula is C8H8ClNO3. The number of methoxy groups -OCH3 is 1. The zero-order valence-electron chi connectivity index (χ0n) is 7.17. The number of carboxylic acids is 1. The van der Waals surface area contributed by atoms with Gasteiger partial charge < -0.3 is 9.84 Å². The highest BCUT2D eigenvalue weighted by molar-refractivity contribution is 6.33. The molecule has 0 bridgehead atoms. The molecule has 0 aliphatic heterocycles. The van der Waals surface area contributed by atoms with E-state index in [1.165, 1.54) is 13.2 Å². The van der Waals surface area contributed by atoms with E-state index in [1.54, 1.807) is 6.92 Å².